The molecule has 0 atom stereocenters. The van der Waals surface area contributed by atoms with Crippen molar-refractivity contribution in [3.8, 4) is 0 Å². The molecule has 2 N–H and O–H groups in total. The van der Waals surface area contributed by atoms with E-state index in [4.69, 9.17) is 10.2 Å². The van der Waals surface area contributed by atoms with Crippen LogP contribution in [0, 0.1) is 0 Å². The van der Waals surface area contributed by atoms with Crippen molar-refractivity contribution in [1.29, 1.82) is 0 Å². The molecular formula is C12H12N2O5. The van der Waals surface area contributed by atoms with Gasteiger partial charge in [0.15, 0.2) is 12.2 Å². The average molecular weight is 264 g/mol. The normalized spacial score (nSPS) is 10.5. The van der Waals surface area contributed by atoms with Crippen LogP contribution in [0.4, 0.5) is 0 Å². The number of aromatic nitrogens is 1. The summed E-state index contributed by atoms with van der Waals surface area (Å²) in [6.45, 7) is -0.340. The number of oxazole rings is 1. The van der Waals surface area contributed by atoms with Crippen LogP contribution in [0.25, 0.3) is 11.1 Å². The van der Waals surface area contributed by atoms with Crippen molar-refractivity contribution in [3.05, 3.63) is 34.8 Å². The second-order valence-corrected chi connectivity index (χ2v) is 3.86. The molecule has 0 spiro atoms. The van der Waals surface area contributed by atoms with E-state index in [0.29, 0.717) is 11.1 Å². The molecule has 0 aliphatic carbocycles. The van der Waals surface area contributed by atoms with Gasteiger partial charge in [0.1, 0.15) is 0 Å². The van der Waals surface area contributed by atoms with Gasteiger partial charge in [-0.3, -0.25) is 14.2 Å². The van der Waals surface area contributed by atoms with Crippen LogP contribution in [0.2, 0.25) is 0 Å². The minimum Gasteiger partial charge on any atom is -0.456 e. The number of nitrogens with two attached hydrogens (primary N) is 1. The van der Waals surface area contributed by atoms with Gasteiger partial charge in [0, 0.05) is 6.54 Å². The van der Waals surface area contributed by atoms with Gasteiger partial charge < -0.3 is 14.9 Å². The van der Waals surface area contributed by atoms with Crippen LogP contribution in [-0.4, -0.2) is 23.1 Å². The highest BCUT2D eigenvalue weighted by Gasteiger charge is 2.11. The second kappa shape index (κ2) is 5.38. The Balaban J connectivity index is 2.06. The summed E-state index contributed by atoms with van der Waals surface area (Å²) < 4.78 is 10.9. The fraction of sp³-hybridized carbons (Fsp3) is 0.250. The largest absolute Gasteiger partial charge is 0.456 e. The highest BCUT2D eigenvalue weighted by molar-refractivity contribution is 5.79. The Morgan fingerprint density at radius 3 is 2.79 bits per heavy atom. The molecule has 0 saturated heterocycles. The zero-order valence-electron chi connectivity index (χ0n) is 10.00. The Morgan fingerprint density at radius 2 is 2.05 bits per heavy atom. The number of para-hydroxylation sites is 2. The highest BCUT2D eigenvalue weighted by atomic mass is 16.5. The van der Waals surface area contributed by atoms with E-state index in [0.717, 1.165) is 0 Å². The molecule has 0 radical (unpaired) electrons. The molecular weight excluding hydrogens is 252 g/mol. The number of esters is 1. The molecule has 1 aromatic heterocycles. The first-order chi connectivity index (χ1) is 9.08. The van der Waals surface area contributed by atoms with E-state index in [1.807, 2.05) is 0 Å². The molecule has 2 rings (SSSR count). The van der Waals surface area contributed by atoms with Crippen molar-refractivity contribution in [2.24, 2.45) is 5.73 Å². The lowest BCUT2D eigenvalue weighted by atomic mass is 10.3. The van der Waals surface area contributed by atoms with Gasteiger partial charge in [-0.15, -0.1) is 0 Å². The molecule has 7 nitrogen and oxygen atoms in total. The summed E-state index contributed by atoms with van der Waals surface area (Å²) in [6, 6.07) is 6.89. The third kappa shape index (κ3) is 3.01. The molecule has 0 saturated carbocycles. The first-order valence-corrected chi connectivity index (χ1v) is 5.60. The van der Waals surface area contributed by atoms with Crippen molar-refractivity contribution < 1.29 is 18.7 Å². The van der Waals surface area contributed by atoms with E-state index in [9.17, 15) is 14.4 Å². The van der Waals surface area contributed by atoms with E-state index in [1.54, 1.807) is 24.3 Å². The van der Waals surface area contributed by atoms with E-state index < -0.39 is 24.2 Å². The fourth-order valence-electron chi connectivity index (χ4n) is 1.65. The van der Waals surface area contributed by atoms with Gasteiger partial charge in [-0.1, -0.05) is 12.1 Å². The van der Waals surface area contributed by atoms with Gasteiger partial charge in [-0.2, -0.15) is 0 Å². The summed E-state index contributed by atoms with van der Waals surface area (Å²) >= 11 is 0. The summed E-state index contributed by atoms with van der Waals surface area (Å²) in [4.78, 5) is 33.3. The molecule has 100 valence electrons. The number of amides is 1. The summed E-state index contributed by atoms with van der Waals surface area (Å²) in [7, 11) is 0. The second-order valence-electron chi connectivity index (χ2n) is 3.86. The lowest BCUT2D eigenvalue weighted by Crippen LogP contribution is -2.22. The summed E-state index contributed by atoms with van der Waals surface area (Å²) in [5, 5.41) is 0. The zero-order valence-corrected chi connectivity index (χ0v) is 10.00. The molecule has 0 fully saturated rings. The average Bonchev–Trinajstić information content (AvgIpc) is 2.69. The third-order valence-electron chi connectivity index (χ3n) is 2.49. The summed E-state index contributed by atoms with van der Waals surface area (Å²) in [6.07, 6.45) is -0.0449. The van der Waals surface area contributed by atoms with Gasteiger partial charge in [0.05, 0.1) is 11.9 Å². The predicted molar refractivity (Wildman–Crippen MR) is 65.2 cm³/mol. The molecule has 2 aromatic rings. The number of fused-ring (bicyclic) bond motifs is 1. The third-order valence-corrected chi connectivity index (χ3v) is 2.49. The van der Waals surface area contributed by atoms with E-state index in [1.165, 1.54) is 4.57 Å². The maximum atomic E-state index is 11.6. The van der Waals surface area contributed by atoms with Gasteiger partial charge in [0.2, 0.25) is 0 Å². The van der Waals surface area contributed by atoms with Crippen LogP contribution >= 0.6 is 0 Å². The molecule has 0 aliphatic heterocycles. The standard InChI is InChI=1S/C12H12N2O5/c13-10(15)7-18-11(16)5-6-14-8-3-1-2-4-9(8)19-12(14)17/h1-4H,5-7H2,(H2,13,15). The molecule has 0 bridgehead atoms. The van der Waals surface area contributed by atoms with E-state index in [-0.39, 0.29) is 13.0 Å². The van der Waals surface area contributed by atoms with Crippen LogP contribution in [0.15, 0.2) is 33.5 Å². The molecule has 7 heteroatoms. The van der Waals surface area contributed by atoms with Crippen molar-refractivity contribution in [2.75, 3.05) is 6.61 Å². The first-order valence-electron chi connectivity index (χ1n) is 5.60. The lowest BCUT2D eigenvalue weighted by Gasteiger charge is -2.03. The molecule has 1 amide bonds. The Bertz CT molecular complexity index is 670. The number of rotatable bonds is 5. The van der Waals surface area contributed by atoms with Crippen molar-refractivity contribution >= 4 is 23.0 Å². The smallest absolute Gasteiger partial charge is 0.419 e. The minimum absolute atomic E-state index is 0.0449. The van der Waals surface area contributed by atoms with E-state index >= 15 is 0 Å². The van der Waals surface area contributed by atoms with Gasteiger partial charge in [-0.05, 0) is 12.1 Å². The number of primary amides is 1. The van der Waals surface area contributed by atoms with Crippen molar-refractivity contribution in [2.45, 2.75) is 13.0 Å². The first kappa shape index (κ1) is 12.9. The number of hydrogen-bond acceptors (Lipinski definition) is 5. The molecule has 1 heterocycles. The number of benzene rings is 1. The highest BCUT2D eigenvalue weighted by Crippen LogP contribution is 2.11. The number of nitrogens with zero attached hydrogens (tertiary/aromatic N) is 1. The van der Waals surface area contributed by atoms with Crippen LogP contribution < -0.4 is 11.5 Å². The summed E-state index contributed by atoms with van der Waals surface area (Å²) in [5.41, 5.74) is 5.91. The van der Waals surface area contributed by atoms with Crippen molar-refractivity contribution in [1.82, 2.24) is 4.57 Å². The maximum absolute atomic E-state index is 11.6. The molecule has 19 heavy (non-hydrogen) atoms. The van der Waals surface area contributed by atoms with Gasteiger partial charge in [-0.25, -0.2) is 4.79 Å². The summed E-state index contributed by atoms with van der Waals surface area (Å²) in [5.74, 6) is -1.86. The predicted octanol–water partition coefficient (Wildman–Crippen LogP) is 0.0131. The van der Waals surface area contributed by atoms with Gasteiger partial charge in [0.25, 0.3) is 5.91 Å². The number of carbonyl (C=O) groups is 2. The quantitative estimate of drug-likeness (QED) is 0.766. The number of carbonyl (C=O) groups excluding carboxylic acids is 2. The number of ether oxygens (including phenoxy) is 1. The SMILES string of the molecule is NC(=O)COC(=O)CCn1c(=O)oc2ccccc21. The molecule has 0 unspecified atom stereocenters. The number of aryl methyl sites for hydroxylation is 1. The lowest BCUT2D eigenvalue weighted by molar-refractivity contribution is -0.147. The van der Waals surface area contributed by atoms with Gasteiger partial charge >= 0.3 is 11.7 Å². The van der Waals surface area contributed by atoms with E-state index in [2.05, 4.69) is 4.74 Å². The number of hydrogen-bond donors (Lipinski definition) is 1. The minimum atomic E-state index is -0.723. The van der Waals surface area contributed by atoms with Crippen LogP contribution in [-0.2, 0) is 20.9 Å². The van der Waals surface area contributed by atoms with Crippen LogP contribution in [0.3, 0.4) is 0 Å². The Morgan fingerprint density at radius 1 is 1.32 bits per heavy atom. The van der Waals surface area contributed by atoms with Crippen molar-refractivity contribution in [3.63, 3.8) is 0 Å². The fourth-order valence-corrected chi connectivity index (χ4v) is 1.65. The Labute approximate surface area is 107 Å². The Hall–Kier alpha value is -2.57. The molecule has 1 aromatic carbocycles. The molecule has 0 aliphatic rings. The Kier molecular flexibility index (Phi) is 3.65. The van der Waals surface area contributed by atoms with Crippen LogP contribution in [0.5, 0.6) is 0 Å². The zero-order chi connectivity index (χ0) is 13.8. The topological polar surface area (TPSA) is 105 Å². The maximum Gasteiger partial charge on any atom is 0.419 e. The monoisotopic (exact) mass is 264 g/mol. The van der Waals surface area contributed by atoms with Crippen LogP contribution in [0.1, 0.15) is 6.42 Å².